The molecule has 0 bridgehead atoms. The molecule has 1 nitrogen and oxygen atoms in total. The monoisotopic (exact) mass is 480 g/mol. The van der Waals surface area contributed by atoms with E-state index < -0.39 is 0 Å². The summed E-state index contributed by atoms with van der Waals surface area (Å²) in [5, 5.41) is -0.282. The lowest BCUT2D eigenvalue weighted by molar-refractivity contribution is 0.409. The number of hydrogen-bond acceptors (Lipinski definition) is 1. The quantitative estimate of drug-likeness (QED) is 0.446. The van der Waals surface area contributed by atoms with E-state index in [1.54, 1.807) is 7.11 Å². The second-order valence-corrected chi connectivity index (χ2v) is 7.53. The average molecular weight is 483 g/mol. The third-order valence-corrected chi connectivity index (χ3v) is 5.22. The zero-order valence-electron chi connectivity index (χ0n) is 10.9. The van der Waals surface area contributed by atoms with Crippen LogP contribution in [-0.2, 0) is 0 Å². The third-order valence-electron chi connectivity index (χ3n) is 2.96. The number of ether oxygens (including phenoxy) is 1. The molecule has 0 saturated carbocycles. The van der Waals surface area contributed by atoms with Crippen molar-refractivity contribution >= 4 is 59.4 Å². The molecule has 20 heavy (non-hydrogen) atoms. The van der Waals surface area contributed by atoms with E-state index in [1.807, 2.05) is 37.3 Å². The molecule has 2 aromatic rings. The summed E-state index contributed by atoms with van der Waals surface area (Å²) < 4.78 is 8.44. The first-order chi connectivity index (χ1) is 9.42. The Balaban J connectivity index is 2.52. The van der Waals surface area contributed by atoms with Crippen molar-refractivity contribution in [3.8, 4) is 5.75 Å². The Hall–Kier alpha value is -0.0300. The number of hydrogen-bond donors (Lipinski definition) is 0. The van der Waals surface area contributed by atoms with Crippen LogP contribution in [0.15, 0.2) is 43.7 Å². The molecule has 0 fully saturated rings. The second-order valence-electron chi connectivity index (χ2n) is 4.41. The zero-order chi connectivity index (χ0) is 14.9. The van der Waals surface area contributed by atoms with Gasteiger partial charge in [-0.15, -0.1) is 11.6 Å². The summed E-state index contributed by atoms with van der Waals surface area (Å²) in [6, 6.07) is 10.0. The van der Waals surface area contributed by atoms with E-state index in [2.05, 4.69) is 47.8 Å². The van der Waals surface area contributed by atoms with Crippen LogP contribution in [0.1, 0.15) is 22.1 Å². The first kappa shape index (κ1) is 16.3. The molecule has 1 atom stereocenters. The highest BCUT2D eigenvalue weighted by atomic mass is 79.9. The van der Waals surface area contributed by atoms with Gasteiger partial charge in [0.25, 0.3) is 0 Å². The van der Waals surface area contributed by atoms with E-state index in [9.17, 15) is 0 Å². The Labute approximate surface area is 149 Å². The number of halogens is 4. The molecule has 0 aliphatic rings. The van der Waals surface area contributed by atoms with E-state index >= 15 is 0 Å². The van der Waals surface area contributed by atoms with Gasteiger partial charge in [-0.05, 0) is 48.4 Å². The van der Waals surface area contributed by atoms with Crippen molar-refractivity contribution in [2.24, 2.45) is 0 Å². The molecule has 0 heterocycles. The van der Waals surface area contributed by atoms with Gasteiger partial charge in [-0.1, -0.05) is 47.8 Å². The highest BCUT2D eigenvalue weighted by Gasteiger charge is 2.18. The molecule has 0 radical (unpaired) electrons. The fourth-order valence-corrected chi connectivity index (χ4v) is 3.93. The van der Waals surface area contributed by atoms with Crippen molar-refractivity contribution < 1.29 is 4.74 Å². The van der Waals surface area contributed by atoms with Crippen molar-refractivity contribution in [3.63, 3.8) is 0 Å². The van der Waals surface area contributed by atoms with Crippen LogP contribution in [0.4, 0.5) is 0 Å². The minimum atomic E-state index is -0.282. The van der Waals surface area contributed by atoms with Gasteiger partial charge in [0, 0.05) is 19.0 Å². The van der Waals surface area contributed by atoms with Gasteiger partial charge in [0.15, 0.2) is 0 Å². The van der Waals surface area contributed by atoms with E-state index in [0.29, 0.717) is 0 Å². The summed E-state index contributed by atoms with van der Waals surface area (Å²) in [5.74, 6) is 0.793. The van der Waals surface area contributed by atoms with Crippen molar-refractivity contribution in [1.29, 1.82) is 0 Å². The van der Waals surface area contributed by atoms with Crippen LogP contribution >= 0.6 is 59.4 Å². The second kappa shape index (κ2) is 6.82. The first-order valence-electron chi connectivity index (χ1n) is 5.86. The summed E-state index contributed by atoms with van der Waals surface area (Å²) in [4.78, 5) is 0. The standard InChI is InChI=1S/C15H12Br3ClO/c1-8-3-14(20-2)12(7-13(8)18)15(19)9-4-10(16)6-11(17)5-9/h3-7,15H,1-2H3. The predicted octanol–water partition coefficient (Wildman–Crippen LogP) is 6.62. The number of benzene rings is 2. The molecule has 0 spiro atoms. The van der Waals surface area contributed by atoms with Gasteiger partial charge in [-0.25, -0.2) is 0 Å². The molecule has 5 heteroatoms. The number of methoxy groups -OCH3 is 1. The molecule has 0 aliphatic carbocycles. The average Bonchev–Trinajstić information content (AvgIpc) is 2.39. The fourth-order valence-electron chi connectivity index (χ4n) is 1.95. The molecule has 0 saturated heterocycles. The van der Waals surface area contributed by atoms with Crippen LogP contribution < -0.4 is 4.74 Å². The molecule has 106 valence electrons. The van der Waals surface area contributed by atoms with Crippen molar-refractivity contribution in [2.75, 3.05) is 7.11 Å². The molecule has 0 amide bonds. The smallest absolute Gasteiger partial charge is 0.124 e. The van der Waals surface area contributed by atoms with E-state index in [1.165, 1.54) is 0 Å². The minimum absolute atomic E-state index is 0.282. The Kier molecular flexibility index (Phi) is 5.57. The van der Waals surface area contributed by atoms with Crippen molar-refractivity contribution in [1.82, 2.24) is 0 Å². The van der Waals surface area contributed by atoms with Gasteiger partial charge >= 0.3 is 0 Å². The van der Waals surface area contributed by atoms with E-state index in [4.69, 9.17) is 16.3 Å². The molecule has 2 aromatic carbocycles. The van der Waals surface area contributed by atoms with Crippen molar-refractivity contribution in [3.05, 3.63) is 60.4 Å². The largest absolute Gasteiger partial charge is 0.496 e. The molecular weight excluding hydrogens is 471 g/mol. The van der Waals surface area contributed by atoms with Crippen LogP contribution in [0.25, 0.3) is 0 Å². The van der Waals surface area contributed by atoms with Crippen LogP contribution in [-0.4, -0.2) is 7.11 Å². The number of alkyl halides is 1. The summed E-state index contributed by atoms with van der Waals surface area (Å²) >= 11 is 17.2. The van der Waals surface area contributed by atoms with Gasteiger partial charge in [0.05, 0.1) is 12.5 Å². The van der Waals surface area contributed by atoms with Gasteiger partial charge in [-0.3, -0.25) is 0 Å². The zero-order valence-corrected chi connectivity index (χ0v) is 16.4. The molecule has 2 rings (SSSR count). The van der Waals surface area contributed by atoms with Gasteiger partial charge in [-0.2, -0.15) is 0 Å². The lowest BCUT2D eigenvalue weighted by Crippen LogP contribution is -1.99. The molecule has 0 aliphatic heterocycles. The summed E-state index contributed by atoms with van der Waals surface area (Å²) in [5.41, 5.74) is 3.06. The topological polar surface area (TPSA) is 9.23 Å². The fraction of sp³-hybridized carbons (Fsp3) is 0.200. The molecule has 1 unspecified atom stereocenters. The summed E-state index contributed by atoms with van der Waals surface area (Å²) in [6.45, 7) is 2.02. The first-order valence-corrected chi connectivity index (χ1v) is 8.68. The SMILES string of the molecule is COc1cc(C)c(Br)cc1C(Cl)c1cc(Br)cc(Br)c1. The molecule has 0 N–H and O–H groups in total. The highest BCUT2D eigenvalue weighted by Crippen LogP contribution is 2.39. The minimum Gasteiger partial charge on any atom is -0.496 e. The van der Waals surface area contributed by atoms with Gasteiger partial charge < -0.3 is 4.74 Å². The van der Waals surface area contributed by atoms with Crippen LogP contribution in [0.5, 0.6) is 5.75 Å². The van der Waals surface area contributed by atoms with Gasteiger partial charge in [0.1, 0.15) is 5.75 Å². The maximum Gasteiger partial charge on any atom is 0.124 e. The lowest BCUT2D eigenvalue weighted by atomic mass is 10.0. The molecular formula is C15H12Br3ClO. The van der Waals surface area contributed by atoms with Crippen molar-refractivity contribution in [2.45, 2.75) is 12.3 Å². The summed E-state index contributed by atoms with van der Waals surface area (Å²) in [6.07, 6.45) is 0. The van der Waals surface area contributed by atoms with Crippen LogP contribution in [0.2, 0.25) is 0 Å². The third kappa shape index (κ3) is 3.59. The maximum absolute atomic E-state index is 6.64. The van der Waals surface area contributed by atoms with Crippen LogP contribution in [0, 0.1) is 6.92 Å². The molecule has 0 aromatic heterocycles. The van der Waals surface area contributed by atoms with E-state index in [0.717, 1.165) is 35.9 Å². The Bertz CT molecular complexity index is 623. The lowest BCUT2D eigenvalue weighted by Gasteiger charge is -2.17. The summed E-state index contributed by atoms with van der Waals surface area (Å²) in [7, 11) is 1.66. The Morgan fingerprint density at radius 1 is 1.00 bits per heavy atom. The number of rotatable bonds is 3. The maximum atomic E-state index is 6.64. The normalized spacial score (nSPS) is 12.3. The Morgan fingerprint density at radius 2 is 1.60 bits per heavy atom. The predicted molar refractivity (Wildman–Crippen MR) is 95.0 cm³/mol. The number of aryl methyl sites for hydroxylation is 1. The Morgan fingerprint density at radius 3 is 2.15 bits per heavy atom. The van der Waals surface area contributed by atoms with E-state index in [-0.39, 0.29) is 5.38 Å². The van der Waals surface area contributed by atoms with Crippen LogP contribution in [0.3, 0.4) is 0 Å². The van der Waals surface area contributed by atoms with Gasteiger partial charge in [0.2, 0.25) is 0 Å². The highest BCUT2D eigenvalue weighted by molar-refractivity contribution is 9.11.